The molecular weight excluding hydrogens is 412 g/mol. The summed E-state index contributed by atoms with van der Waals surface area (Å²) in [7, 11) is 0. The lowest BCUT2D eigenvalue weighted by molar-refractivity contribution is -0.129. The monoisotopic (exact) mass is 438 g/mol. The summed E-state index contributed by atoms with van der Waals surface area (Å²) >= 11 is 0. The summed E-state index contributed by atoms with van der Waals surface area (Å²) in [5.74, 6) is 0.0450. The van der Waals surface area contributed by atoms with Crippen LogP contribution in [0.2, 0.25) is 0 Å². The van der Waals surface area contributed by atoms with E-state index in [0.717, 1.165) is 11.1 Å². The second kappa shape index (κ2) is 10.4. The van der Waals surface area contributed by atoms with Crippen molar-refractivity contribution < 1.29 is 19.1 Å². The van der Waals surface area contributed by atoms with Gasteiger partial charge >= 0.3 is 11.9 Å². The van der Waals surface area contributed by atoms with Gasteiger partial charge in [0.1, 0.15) is 11.5 Å². The Hall–Kier alpha value is -4.18. The average molecular weight is 439 g/mol. The van der Waals surface area contributed by atoms with Crippen molar-refractivity contribution in [3.63, 3.8) is 0 Å². The number of carbonyl (C=O) groups excluding carboxylic acids is 2. The van der Waals surface area contributed by atoms with Crippen LogP contribution in [-0.4, -0.2) is 11.9 Å². The number of hydrogen-bond donors (Lipinski definition) is 0. The standard InChI is InChI=1S/C29H26O4/c1-5-10-21(6-2)27(30)32-25-17-13-23(14-18-25)29(3,4)24-15-19-26(20-16-24)33-28(31)22-11-8-7-9-12-22/h5-20H,1-2H2,3-4H3/b21-10+. The number of ether oxygens (including phenoxy) is 2. The molecule has 0 aliphatic heterocycles. The molecule has 0 fully saturated rings. The number of esters is 2. The zero-order valence-corrected chi connectivity index (χ0v) is 18.8. The molecule has 3 rings (SSSR count). The van der Waals surface area contributed by atoms with Crippen LogP contribution in [0.15, 0.2) is 116 Å². The van der Waals surface area contributed by atoms with Gasteiger partial charge in [-0.1, -0.05) is 81.6 Å². The highest BCUT2D eigenvalue weighted by Gasteiger charge is 2.23. The number of allylic oxidation sites excluding steroid dienone is 2. The summed E-state index contributed by atoms with van der Waals surface area (Å²) in [6, 6.07) is 23.7. The third kappa shape index (κ3) is 5.74. The van der Waals surface area contributed by atoms with Gasteiger partial charge in [0, 0.05) is 5.41 Å². The van der Waals surface area contributed by atoms with Crippen molar-refractivity contribution in [3.8, 4) is 11.5 Å². The van der Waals surface area contributed by atoms with E-state index in [4.69, 9.17) is 9.47 Å². The normalized spacial score (nSPS) is 11.4. The van der Waals surface area contributed by atoms with E-state index in [1.54, 1.807) is 54.6 Å². The van der Waals surface area contributed by atoms with E-state index >= 15 is 0 Å². The van der Waals surface area contributed by atoms with Gasteiger partial charge in [0.2, 0.25) is 0 Å². The second-order valence-corrected chi connectivity index (χ2v) is 7.88. The van der Waals surface area contributed by atoms with Crippen LogP contribution < -0.4 is 9.47 Å². The minimum absolute atomic E-state index is 0.320. The molecule has 3 aromatic carbocycles. The van der Waals surface area contributed by atoms with E-state index < -0.39 is 11.9 Å². The number of hydrogen-bond acceptors (Lipinski definition) is 4. The summed E-state index contributed by atoms with van der Waals surface area (Å²) in [6.07, 6.45) is 4.49. The van der Waals surface area contributed by atoms with Crippen molar-refractivity contribution in [2.24, 2.45) is 0 Å². The Morgan fingerprint density at radius 1 is 0.758 bits per heavy atom. The first-order chi connectivity index (χ1) is 15.8. The third-order valence-electron chi connectivity index (χ3n) is 5.34. The van der Waals surface area contributed by atoms with E-state index in [1.807, 2.05) is 30.3 Å². The molecule has 0 N–H and O–H groups in total. The van der Waals surface area contributed by atoms with E-state index in [0.29, 0.717) is 22.6 Å². The molecule has 0 saturated heterocycles. The molecule has 3 aromatic rings. The van der Waals surface area contributed by atoms with Crippen molar-refractivity contribution in [1.82, 2.24) is 0 Å². The zero-order valence-electron chi connectivity index (χ0n) is 18.8. The highest BCUT2D eigenvalue weighted by atomic mass is 16.5. The molecule has 0 amide bonds. The average Bonchev–Trinajstić information content (AvgIpc) is 2.83. The number of rotatable bonds is 8. The fourth-order valence-electron chi connectivity index (χ4n) is 3.30. The van der Waals surface area contributed by atoms with Crippen molar-refractivity contribution in [1.29, 1.82) is 0 Å². The first-order valence-electron chi connectivity index (χ1n) is 10.5. The first-order valence-corrected chi connectivity index (χ1v) is 10.5. The predicted molar refractivity (Wildman–Crippen MR) is 131 cm³/mol. The van der Waals surface area contributed by atoms with Gasteiger partial charge in [-0.25, -0.2) is 9.59 Å². The maximum atomic E-state index is 12.3. The van der Waals surface area contributed by atoms with Crippen LogP contribution in [-0.2, 0) is 10.2 Å². The Bertz CT molecular complexity index is 1170. The van der Waals surface area contributed by atoms with Crippen molar-refractivity contribution in [3.05, 3.63) is 133 Å². The molecule has 0 radical (unpaired) electrons. The molecule has 0 saturated carbocycles. The minimum atomic E-state index is -0.488. The lowest BCUT2D eigenvalue weighted by Gasteiger charge is -2.26. The van der Waals surface area contributed by atoms with E-state index in [9.17, 15) is 9.59 Å². The highest BCUT2D eigenvalue weighted by Crippen LogP contribution is 2.33. The molecule has 0 bridgehead atoms. The lowest BCUT2D eigenvalue weighted by atomic mass is 9.78. The van der Waals surface area contributed by atoms with E-state index in [1.165, 1.54) is 12.2 Å². The summed E-state index contributed by atoms with van der Waals surface area (Å²) < 4.78 is 10.9. The molecule has 4 heteroatoms. The summed E-state index contributed by atoms with van der Waals surface area (Å²) in [5.41, 5.74) is 2.61. The maximum absolute atomic E-state index is 12.3. The molecule has 0 aliphatic carbocycles. The van der Waals surface area contributed by atoms with Gasteiger partial charge in [-0.3, -0.25) is 0 Å². The number of carbonyl (C=O) groups is 2. The van der Waals surface area contributed by atoms with Crippen LogP contribution in [0, 0.1) is 0 Å². The molecular formula is C29H26O4. The van der Waals surface area contributed by atoms with Gasteiger partial charge in [-0.05, 0) is 53.6 Å². The van der Waals surface area contributed by atoms with Crippen LogP contribution in [0.25, 0.3) is 0 Å². The van der Waals surface area contributed by atoms with Gasteiger partial charge in [0.05, 0.1) is 11.1 Å². The molecule has 0 aliphatic rings. The zero-order chi connectivity index (χ0) is 23.8. The fraction of sp³-hybridized carbons (Fsp3) is 0.103. The quantitative estimate of drug-likeness (QED) is 0.176. The summed E-state index contributed by atoms with van der Waals surface area (Å²) in [6.45, 7) is 11.4. The molecule has 0 heterocycles. The fourth-order valence-corrected chi connectivity index (χ4v) is 3.30. The molecule has 0 spiro atoms. The third-order valence-corrected chi connectivity index (χ3v) is 5.34. The van der Waals surface area contributed by atoms with E-state index in [-0.39, 0.29) is 5.41 Å². The molecule has 0 unspecified atom stereocenters. The summed E-state index contributed by atoms with van der Waals surface area (Å²) in [5, 5.41) is 0. The van der Waals surface area contributed by atoms with Crippen molar-refractivity contribution >= 4 is 11.9 Å². The SMILES string of the molecule is C=C/C=C(\C=C)C(=O)Oc1ccc(C(C)(C)c2ccc(OC(=O)c3ccccc3)cc2)cc1. The highest BCUT2D eigenvalue weighted by molar-refractivity contribution is 5.93. The largest absolute Gasteiger partial charge is 0.423 e. The van der Waals surface area contributed by atoms with Crippen LogP contribution in [0.4, 0.5) is 0 Å². The molecule has 0 aromatic heterocycles. The van der Waals surface area contributed by atoms with Gasteiger partial charge in [0.25, 0.3) is 0 Å². The molecule has 4 nitrogen and oxygen atoms in total. The smallest absolute Gasteiger partial charge is 0.343 e. The Morgan fingerprint density at radius 3 is 1.76 bits per heavy atom. The van der Waals surface area contributed by atoms with Crippen molar-refractivity contribution in [2.45, 2.75) is 19.3 Å². The van der Waals surface area contributed by atoms with Gasteiger partial charge < -0.3 is 9.47 Å². The first kappa shape index (κ1) is 23.5. The maximum Gasteiger partial charge on any atom is 0.343 e. The Morgan fingerprint density at radius 2 is 1.27 bits per heavy atom. The Kier molecular flexibility index (Phi) is 7.42. The van der Waals surface area contributed by atoms with Gasteiger partial charge in [-0.15, -0.1) is 0 Å². The predicted octanol–water partition coefficient (Wildman–Crippen LogP) is 6.44. The van der Waals surface area contributed by atoms with Crippen LogP contribution in [0.5, 0.6) is 11.5 Å². The van der Waals surface area contributed by atoms with Crippen LogP contribution in [0.1, 0.15) is 35.3 Å². The van der Waals surface area contributed by atoms with Gasteiger partial charge in [0.15, 0.2) is 0 Å². The molecule has 33 heavy (non-hydrogen) atoms. The van der Waals surface area contributed by atoms with Gasteiger partial charge in [-0.2, -0.15) is 0 Å². The second-order valence-electron chi connectivity index (χ2n) is 7.88. The summed E-state index contributed by atoms with van der Waals surface area (Å²) in [4.78, 5) is 24.4. The van der Waals surface area contributed by atoms with Crippen molar-refractivity contribution in [2.75, 3.05) is 0 Å². The Balaban J connectivity index is 1.71. The topological polar surface area (TPSA) is 52.6 Å². The van der Waals surface area contributed by atoms with E-state index in [2.05, 4.69) is 27.0 Å². The van der Waals surface area contributed by atoms with Crippen LogP contribution >= 0.6 is 0 Å². The Labute approximate surface area is 194 Å². The molecule has 166 valence electrons. The number of benzene rings is 3. The van der Waals surface area contributed by atoms with Crippen LogP contribution in [0.3, 0.4) is 0 Å². The molecule has 0 atom stereocenters. The minimum Gasteiger partial charge on any atom is -0.423 e. The lowest BCUT2D eigenvalue weighted by Crippen LogP contribution is -2.19.